The van der Waals surface area contributed by atoms with Gasteiger partial charge in [-0.05, 0) is 107 Å². The van der Waals surface area contributed by atoms with E-state index < -0.39 is 10.0 Å². The van der Waals surface area contributed by atoms with Gasteiger partial charge in [-0.3, -0.25) is 0 Å². The Morgan fingerprint density at radius 1 is 0.833 bits per heavy atom. The number of hydrogen-bond donors (Lipinski definition) is 1. The zero-order valence-corrected chi connectivity index (χ0v) is 24.1. The van der Waals surface area contributed by atoms with Crippen LogP contribution >= 0.6 is 46.4 Å². The van der Waals surface area contributed by atoms with E-state index in [9.17, 15) is 8.42 Å². The Labute approximate surface area is 235 Å². The topological polar surface area (TPSA) is 52.7 Å². The van der Waals surface area contributed by atoms with Crippen LogP contribution in [0, 0.1) is 0 Å². The van der Waals surface area contributed by atoms with Crippen molar-refractivity contribution in [2.75, 3.05) is 39.3 Å². The smallest absolute Gasteiger partial charge is 0.240 e. The fourth-order valence-corrected chi connectivity index (χ4v) is 7.00. The van der Waals surface area contributed by atoms with E-state index in [4.69, 9.17) is 46.4 Å². The summed E-state index contributed by atoms with van der Waals surface area (Å²) in [6, 6.07) is 10.5. The van der Waals surface area contributed by atoms with Crippen molar-refractivity contribution in [2.24, 2.45) is 0 Å². The van der Waals surface area contributed by atoms with E-state index in [1.165, 1.54) is 63.4 Å². The molecule has 2 saturated heterocycles. The largest absolute Gasteiger partial charge is 0.303 e. The quantitative estimate of drug-likeness (QED) is 0.352. The van der Waals surface area contributed by atoms with Gasteiger partial charge in [0.05, 0.1) is 25.0 Å². The molecular formula is C26H33Cl4N3O2S. The van der Waals surface area contributed by atoms with Crippen molar-refractivity contribution in [2.45, 2.75) is 55.4 Å². The zero-order valence-electron chi connectivity index (χ0n) is 20.2. The van der Waals surface area contributed by atoms with Gasteiger partial charge in [0, 0.05) is 12.6 Å². The number of benzene rings is 2. The highest BCUT2D eigenvalue weighted by Gasteiger charge is 2.26. The lowest BCUT2D eigenvalue weighted by Crippen LogP contribution is -2.47. The van der Waals surface area contributed by atoms with E-state index in [-0.39, 0.29) is 22.4 Å². The third-order valence-corrected chi connectivity index (χ3v) is 10.3. The van der Waals surface area contributed by atoms with Crippen LogP contribution in [0.5, 0.6) is 0 Å². The van der Waals surface area contributed by atoms with E-state index in [2.05, 4.69) is 14.5 Å². The van der Waals surface area contributed by atoms with Crippen LogP contribution in [0.2, 0.25) is 20.1 Å². The summed E-state index contributed by atoms with van der Waals surface area (Å²) in [4.78, 5) is 5.26. The standard InChI is InChI=1S/C26H33Cl4N3O2S/c27-23-6-4-19(16-25(23)29)20(18-31-36(34,35)22-5-7-24(28)26(30)17-22)8-13-32-14-9-21(10-15-32)33-11-2-1-3-12-33/h4-7,16-17,20-21,31H,1-3,8-15,18H2. The molecule has 0 bridgehead atoms. The molecule has 0 amide bonds. The summed E-state index contributed by atoms with van der Waals surface area (Å²) in [6.45, 7) is 5.76. The van der Waals surface area contributed by atoms with Crippen molar-refractivity contribution >= 4 is 56.4 Å². The number of halogens is 4. The van der Waals surface area contributed by atoms with Gasteiger partial charge < -0.3 is 9.80 Å². The van der Waals surface area contributed by atoms with Crippen LogP contribution in [0.15, 0.2) is 41.3 Å². The Bertz CT molecular complexity index is 1130. The average molecular weight is 593 g/mol. The lowest BCUT2D eigenvalue weighted by molar-refractivity contribution is 0.0913. The highest BCUT2D eigenvalue weighted by Crippen LogP contribution is 2.30. The third kappa shape index (κ3) is 7.51. The molecule has 2 aromatic carbocycles. The maximum absolute atomic E-state index is 13.0. The lowest BCUT2D eigenvalue weighted by Gasteiger charge is -2.40. The van der Waals surface area contributed by atoms with E-state index in [0.717, 1.165) is 31.6 Å². The van der Waals surface area contributed by atoms with Crippen molar-refractivity contribution in [1.82, 2.24) is 14.5 Å². The fourth-order valence-electron chi connectivity index (χ4n) is 5.22. The van der Waals surface area contributed by atoms with E-state index >= 15 is 0 Å². The van der Waals surface area contributed by atoms with Gasteiger partial charge in [0.25, 0.3) is 0 Å². The predicted molar refractivity (Wildman–Crippen MR) is 150 cm³/mol. The van der Waals surface area contributed by atoms with E-state index in [1.807, 2.05) is 12.1 Å². The van der Waals surface area contributed by atoms with Gasteiger partial charge in [0.15, 0.2) is 0 Å². The van der Waals surface area contributed by atoms with Crippen molar-refractivity contribution in [3.63, 3.8) is 0 Å². The highest BCUT2D eigenvalue weighted by molar-refractivity contribution is 7.89. The number of nitrogens with zero attached hydrogens (tertiary/aromatic N) is 2. The molecule has 0 aliphatic carbocycles. The molecule has 4 rings (SSSR count). The number of likely N-dealkylation sites (tertiary alicyclic amines) is 2. The molecule has 2 aromatic rings. The Kier molecular flexibility index (Phi) is 10.3. The maximum atomic E-state index is 13.0. The summed E-state index contributed by atoms with van der Waals surface area (Å²) in [6.07, 6.45) is 7.20. The van der Waals surface area contributed by atoms with Crippen molar-refractivity contribution in [1.29, 1.82) is 0 Å². The Hall–Kier alpha value is -0.570. The lowest BCUT2D eigenvalue weighted by atomic mass is 9.94. The summed E-state index contributed by atoms with van der Waals surface area (Å²) in [5, 5.41) is 1.46. The number of sulfonamides is 1. The molecule has 10 heteroatoms. The van der Waals surface area contributed by atoms with Crippen LogP contribution in [0.1, 0.15) is 50.0 Å². The third-order valence-electron chi connectivity index (χ3n) is 7.39. The molecule has 36 heavy (non-hydrogen) atoms. The molecule has 0 radical (unpaired) electrons. The van der Waals surface area contributed by atoms with Crippen molar-refractivity contribution in [3.05, 3.63) is 62.1 Å². The van der Waals surface area contributed by atoms with Crippen LogP contribution in [-0.4, -0.2) is 63.5 Å². The molecule has 0 aromatic heterocycles. The second-order valence-electron chi connectivity index (χ2n) is 9.76. The molecule has 1 unspecified atom stereocenters. The second-order valence-corrected chi connectivity index (χ2v) is 13.2. The first-order chi connectivity index (χ1) is 17.2. The van der Waals surface area contributed by atoms with Gasteiger partial charge in [-0.25, -0.2) is 13.1 Å². The molecule has 5 nitrogen and oxygen atoms in total. The average Bonchev–Trinajstić information content (AvgIpc) is 2.88. The molecule has 2 aliphatic rings. The summed E-state index contributed by atoms with van der Waals surface area (Å²) in [5.41, 5.74) is 0.962. The minimum atomic E-state index is -3.76. The van der Waals surface area contributed by atoms with Crippen LogP contribution in [0.4, 0.5) is 0 Å². The normalized spacial score (nSPS) is 19.4. The van der Waals surface area contributed by atoms with E-state index in [1.54, 1.807) is 6.07 Å². The molecule has 2 aliphatic heterocycles. The minimum Gasteiger partial charge on any atom is -0.303 e. The minimum absolute atomic E-state index is 0.0582. The molecule has 1 atom stereocenters. The number of hydrogen-bond acceptors (Lipinski definition) is 4. The summed E-state index contributed by atoms with van der Waals surface area (Å²) >= 11 is 24.4. The number of piperidine rings is 2. The molecule has 2 heterocycles. The number of rotatable bonds is 9. The predicted octanol–water partition coefficient (Wildman–Crippen LogP) is 6.70. The van der Waals surface area contributed by atoms with Gasteiger partial charge in [-0.2, -0.15) is 0 Å². The summed E-state index contributed by atoms with van der Waals surface area (Å²) < 4.78 is 28.7. The van der Waals surface area contributed by atoms with Crippen molar-refractivity contribution < 1.29 is 8.42 Å². The zero-order chi connectivity index (χ0) is 25.7. The molecule has 0 saturated carbocycles. The van der Waals surface area contributed by atoms with Gasteiger partial charge in [-0.1, -0.05) is 58.9 Å². The molecule has 2 fully saturated rings. The molecule has 0 spiro atoms. The SMILES string of the molecule is O=S(=O)(NCC(CCN1CCC(N2CCCCC2)CC1)c1ccc(Cl)c(Cl)c1)c1ccc(Cl)c(Cl)c1. The number of nitrogens with one attached hydrogen (secondary N) is 1. The first-order valence-corrected chi connectivity index (χ1v) is 15.6. The molecular weight excluding hydrogens is 560 g/mol. The first-order valence-electron chi connectivity index (χ1n) is 12.6. The fraction of sp³-hybridized carbons (Fsp3) is 0.538. The molecule has 1 N–H and O–H groups in total. The Morgan fingerprint density at radius 3 is 2.11 bits per heavy atom. The first kappa shape index (κ1) is 28.4. The molecule has 198 valence electrons. The van der Waals surface area contributed by atoms with Crippen molar-refractivity contribution in [3.8, 4) is 0 Å². The van der Waals surface area contributed by atoms with Gasteiger partial charge in [0.1, 0.15) is 0 Å². The highest BCUT2D eigenvalue weighted by atomic mass is 35.5. The van der Waals surface area contributed by atoms with Crippen LogP contribution in [-0.2, 0) is 10.0 Å². The van der Waals surface area contributed by atoms with E-state index in [0.29, 0.717) is 21.1 Å². The summed E-state index contributed by atoms with van der Waals surface area (Å²) in [7, 11) is -3.76. The van der Waals surface area contributed by atoms with Crippen LogP contribution in [0.25, 0.3) is 0 Å². The summed E-state index contributed by atoms with van der Waals surface area (Å²) in [5.74, 6) is -0.0582. The van der Waals surface area contributed by atoms with Gasteiger partial charge in [-0.15, -0.1) is 0 Å². The Morgan fingerprint density at radius 2 is 1.47 bits per heavy atom. The van der Waals surface area contributed by atoms with Crippen LogP contribution in [0.3, 0.4) is 0 Å². The van der Waals surface area contributed by atoms with Gasteiger partial charge >= 0.3 is 0 Å². The monoisotopic (exact) mass is 591 g/mol. The Balaban J connectivity index is 1.39. The second kappa shape index (κ2) is 13.0. The van der Waals surface area contributed by atoms with Gasteiger partial charge in [0.2, 0.25) is 10.0 Å². The maximum Gasteiger partial charge on any atom is 0.240 e. The van der Waals surface area contributed by atoms with Crippen LogP contribution < -0.4 is 4.72 Å².